The number of ether oxygens (including phenoxy) is 2. The fourth-order valence-corrected chi connectivity index (χ4v) is 3.34. The van der Waals surface area contributed by atoms with E-state index in [0.717, 1.165) is 29.3 Å². The number of hydrogen-bond acceptors (Lipinski definition) is 2. The van der Waals surface area contributed by atoms with Crippen LogP contribution in [0, 0.1) is 5.92 Å². The summed E-state index contributed by atoms with van der Waals surface area (Å²) in [5.41, 5.74) is 1.31. The standard InChI is InChI=1S/C18H24Br2O2/c1-18(2)16(22-18)9-8-14(12-17(19)20)10-11-21-13-15-6-4-3-5-7-15/h3-7,12,14,16H,8-11,13H2,1-2H3. The largest absolute Gasteiger partial charge is 0.377 e. The minimum absolute atomic E-state index is 0.0870. The second-order valence-electron chi connectivity index (χ2n) is 6.33. The van der Waals surface area contributed by atoms with Crippen LogP contribution in [0.2, 0.25) is 0 Å². The van der Waals surface area contributed by atoms with Gasteiger partial charge in [0.1, 0.15) is 0 Å². The fourth-order valence-electron chi connectivity index (χ4n) is 2.59. The first-order chi connectivity index (χ1) is 10.5. The summed E-state index contributed by atoms with van der Waals surface area (Å²) in [6.45, 7) is 5.78. The Labute approximate surface area is 150 Å². The highest BCUT2D eigenvalue weighted by Gasteiger charge is 2.46. The minimum atomic E-state index is 0.0870. The van der Waals surface area contributed by atoms with Gasteiger partial charge in [-0.25, -0.2) is 0 Å². The number of halogens is 2. The zero-order valence-electron chi connectivity index (χ0n) is 13.2. The molecule has 2 rings (SSSR count). The Balaban J connectivity index is 1.69. The summed E-state index contributed by atoms with van der Waals surface area (Å²) in [7, 11) is 0. The van der Waals surface area contributed by atoms with Gasteiger partial charge in [0, 0.05) is 6.61 Å². The van der Waals surface area contributed by atoms with Gasteiger partial charge >= 0.3 is 0 Å². The lowest BCUT2D eigenvalue weighted by Gasteiger charge is -2.13. The first-order valence-corrected chi connectivity index (χ1v) is 9.38. The molecular formula is C18H24Br2O2. The molecule has 0 bridgehead atoms. The van der Waals surface area contributed by atoms with Crippen LogP contribution in [0.4, 0.5) is 0 Å². The predicted molar refractivity (Wildman–Crippen MR) is 98.3 cm³/mol. The molecule has 1 aliphatic rings. The zero-order chi connectivity index (χ0) is 16.0. The van der Waals surface area contributed by atoms with Crippen LogP contribution in [0.5, 0.6) is 0 Å². The maximum Gasteiger partial charge on any atom is 0.0892 e. The summed E-state index contributed by atoms with van der Waals surface area (Å²) < 4.78 is 12.5. The van der Waals surface area contributed by atoms with E-state index in [1.165, 1.54) is 5.56 Å². The number of allylic oxidation sites excluding steroid dienone is 1. The Bertz CT molecular complexity index is 481. The first kappa shape index (κ1) is 18.2. The normalized spacial score (nSPS) is 20.5. The molecular weight excluding hydrogens is 408 g/mol. The molecule has 0 aliphatic carbocycles. The topological polar surface area (TPSA) is 21.8 Å². The number of rotatable bonds is 9. The lowest BCUT2D eigenvalue weighted by molar-refractivity contribution is 0.110. The molecule has 22 heavy (non-hydrogen) atoms. The van der Waals surface area contributed by atoms with Crippen LogP contribution in [-0.2, 0) is 16.1 Å². The lowest BCUT2D eigenvalue weighted by Crippen LogP contribution is -2.08. The van der Waals surface area contributed by atoms with Crippen molar-refractivity contribution in [2.24, 2.45) is 5.92 Å². The van der Waals surface area contributed by atoms with Crippen LogP contribution in [0.15, 0.2) is 39.8 Å². The third-order valence-electron chi connectivity index (χ3n) is 4.07. The van der Waals surface area contributed by atoms with Crippen molar-refractivity contribution in [2.45, 2.75) is 51.4 Å². The average Bonchev–Trinajstić information content (AvgIpc) is 3.08. The molecule has 1 aliphatic heterocycles. The smallest absolute Gasteiger partial charge is 0.0892 e. The second-order valence-corrected chi connectivity index (χ2v) is 9.10. The molecule has 2 nitrogen and oxygen atoms in total. The van der Waals surface area contributed by atoms with Gasteiger partial charge in [0.25, 0.3) is 0 Å². The van der Waals surface area contributed by atoms with Crippen molar-refractivity contribution in [3.05, 3.63) is 45.4 Å². The number of hydrogen-bond donors (Lipinski definition) is 0. The van der Waals surface area contributed by atoms with Gasteiger partial charge in [-0.1, -0.05) is 36.4 Å². The van der Waals surface area contributed by atoms with Crippen LogP contribution < -0.4 is 0 Å². The van der Waals surface area contributed by atoms with E-state index in [0.29, 0.717) is 18.6 Å². The molecule has 4 heteroatoms. The Morgan fingerprint density at radius 3 is 2.55 bits per heavy atom. The van der Waals surface area contributed by atoms with E-state index in [4.69, 9.17) is 9.47 Å². The minimum Gasteiger partial charge on any atom is -0.377 e. The van der Waals surface area contributed by atoms with Gasteiger partial charge in [-0.15, -0.1) is 0 Å². The number of epoxide rings is 1. The molecule has 1 aromatic carbocycles. The van der Waals surface area contributed by atoms with Gasteiger partial charge in [0.05, 0.1) is 21.7 Å². The van der Waals surface area contributed by atoms with Crippen molar-refractivity contribution >= 4 is 31.9 Å². The van der Waals surface area contributed by atoms with Crippen LogP contribution in [0.3, 0.4) is 0 Å². The van der Waals surface area contributed by atoms with Gasteiger partial charge < -0.3 is 9.47 Å². The van der Waals surface area contributed by atoms with Gasteiger partial charge in [0.2, 0.25) is 0 Å². The van der Waals surface area contributed by atoms with Crippen molar-refractivity contribution in [3.63, 3.8) is 0 Å². The summed E-state index contributed by atoms with van der Waals surface area (Å²) in [5, 5.41) is 0. The average molecular weight is 432 g/mol. The quantitative estimate of drug-likeness (QED) is 0.364. The van der Waals surface area contributed by atoms with E-state index in [9.17, 15) is 0 Å². The van der Waals surface area contributed by atoms with E-state index < -0.39 is 0 Å². The third kappa shape index (κ3) is 6.53. The summed E-state index contributed by atoms with van der Waals surface area (Å²) in [6.07, 6.45) is 5.91. The lowest BCUT2D eigenvalue weighted by atomic mass is 9.96. The highest BCUT2D eigenvalue weighted by Crippen LogP contribution is 2.39. The van der Waals surface area contributed by atoms with Crippen molar-refractivity contribution < 1.29 is 9.47 Å². The Kier molecular flexibility index (Phi) is 7.13. The van der Waals surface area contributed by atoms with E-state index in [-0.39, 0.29) is 5.60 Å². The van der Waals surface area contributed by atoms with Crippen molar-refractivity contribution in [1.82, 2.24) is 0 Å². The first-order valence-electron chi connectivity index (χ1n) is 7.79. The highest BCUT2D eigenvalue weighted by atomic mass is 79.9. The summed E-state index contributed by atoms with van der Waals surface area (Å²) in [4.78, 5) is 0. The summed E-state index contributed by atoms with van der Waals surface area (Å²) >= 11 is 6.94. The molecule has 1 saturated heterocycles. The molecule has 0 amide bonds. The molecule has 0 saturated carbocycles. The maximum absolute atomic E-state index is 5.80. The zero-order valence-corrected chi connectivity index (χ0v) is 16.4. The SMILES string of the molecule is CC1(C)OC1CCC(C=C(Br)Br)CCOCc1ccccc1. The molecule has 122 valence electrons. The van der Waals surface area contributed by atoms with Crippen LogP contribution in [0.1, 0.15) is 38.7 Å². The molecule has 0 aromatic heterocycles. The van der Waals surface area contributed by atoms with Crippen LogP contribution in [0.25, 0.3) is 0 Å². The van der Waals surface area contributed by atoms with Crippen LogP contribution in [-0.4, -0.2) is 18.3 Å². The summed E-state index contributed by atoms with van der Waals surface area (Å²) in [5.74, 6) is 0.504. The van der Waals surface area contributed by atoms with Gasteiger partial charge in [-0.2, -0.15) is 0 Å². The van der Waals surface area contributed by atoms with E-state index in [1.807, 2.05) is 18.2 Å². The Morgan fingerprint density at radius 2 is 1.95 bits per heavy atom. The van der Waals surface area contributed by atoms with Gasteiger partial charge in [0.15, 0.2) is 0 Å². The van der Waals surface area contributed by atoms with Crippen molar-refractivity contribution in [2.75, 3.05) is 6.61 Å². The van der Waals surface area contributed by atoms with E-state index >= 15 is 0 Å². The molecule has 0 spiro atoms. The van der Waals surface area contributed by atoms with Crippen molar-refractivity contribution in [1.29, 1.82) is 0 Å². The molecule has 1 fully saturated rings. The predicted octanol–water partition coefficient (Wildman–Crippen LogP) is 5.80. The molecule has 1 aromatic rings. The monoisotopic (exact) mass is 430 g/mol. The van der Waals surface area contributed by atoms with Crippen molar-refractivity contribution in [3.8, 4) is 0 Å². The van der Waals surface area contributed by atoms with E-state index in [1.54, 1.807) is 0 Å². The molecule has 2 unspecified atom stereocenters. The highest BCUT2D eigenvalue weighted by molar-refractivity contribution is 9.28. The third-order valence-corrected chi connectivity index (χ3v) is 4.60. The van der Waals surface area contributed by atoms with Gasteiger partial charge in [-0.05, 0) is 76.5 Å². The summed E-state index contributed by atoms with van der Waals surface area (Å²) in [6, 6.07) is 10.3. The van der Waals surface area contributed by atoms with E-state index in [2.05, 4.69) is 63.9 Å². The molecule has 2 atom stereocenters. The second kappa shape index (κ2) is 8.62. The molecule has 0 radical (unpaired) electrons. The van der Waals surface area contributed by atoms with Gasteiger partial charge in [-0.3, -0.25) is 0 Å². The fraction of sp³-hybridized carbons (Fsp3) is 0.556. The molecule has 0 N–H and O–H groups in total. The Hall–Kier alpha value is -0.160. The molecule has 1 heterocycles. The van der Waals surface area contributed by atoms with Crippen LogP contribution >= 0.6 is 31.9 Å². The maximum atomic E-state index is 5.80. The Morgan fingerprint density at radius 1 is 1.27 bits per heavy atom. The number of benzene rings is 1.